The number of halogens is 1. The monoisotopic (exact) mass is 288 g/mol. The largest absolute Gasteiger partial charge is 0.389 e. The zero-order chi connectivity index (χ0) is 13.0. The van der Waals surface area contributed by atoms with Gasteiger partial charge in [0.05, 0.1) is 10.7 Å². The second kappa shape index (κ2) is 6.47. The highest BCUT2D eigenvalue weighted by atomic mass is 35.5. The number of hydrogen-bond donors (Lipinski definition) is 1. The molecule has 1 aromatic rings. The zero-order valence-corrected chi connectivity index (χ0v) is 12.6. The molecule has 0 aliphatic rings. The van der Waals surface area contributed by atoms with Gasteiger partial charge in [-0.1, -0.05) is 23.8 Å². The number of rotatable bonds is 5. The number of benzene rings is 1. The predicted octanol–water partition coefficient (Wildman–Crippen LogP) is 3.16. The molecule has 0 bridgehead atoms. The van der Waals surface area contributed by atoms with Gasteiger partial charge in [0, 0.05) is 24.4 Å². The molecule has 1 atom stereocenters. The first kappa shape index (κ1) is 14.6. The normalized spacial score (nSPS) is 12.2. The molecule has 1 unspecified atom stereocenters. The Morgan fingerprint density at radius 2 is 2.24 bits per heavy atom. The molecule has 17 heavy (non-hydrogen) atoms. The minimum atomic E-state index is 0.373. The van der Waals surface area contributed by atoms with E-state index in [0.29, 0.717) is 16.1 Å². The quantitative estimate of drug-likeness (QED) is 0.843. The molecule has 0 saturated carbocycles. The number of thiocarbonyl (C=S) groups is 1. The van der Waals surface area contributed by atoms with Crippen molar-refractivity contribution in [2.24, 2.45) is 5.73 Å². The summed E-state index contributed by atoms with van der Waals surface area (Å²) >= 11 is 13.0. The van der Waals surface area contributed by atoms with Crippen LogP contribution in [0.2, 0.25) is 5.02 Å². The van der Waals surface area contributed by atoms with Gasteiger partial charge in [0.25, 0.3) is 0 Å². The molecule has 0 saturated heterocycles. The van der Waals surface area contributed by atoms with Crippen LogP contribution in [-0.4, -0.2) is 30.1 Å². The summed E-state index contributed by atoms with van der Waals surface area (Å²) in [5, 5.41) is 0.686. The highest BCUT2D eigenvalue weighted by Gasteiger charge is 2.13. The Hall–Kier alpha value is -0.450. The highest BCUT2D eigenvalue weighted by Crippen LogP contribution is 2.27. The van der Waals surface area contributed by atoms with E-state index in [1.54, 1.807) is 0 Å². The lowest BCUT2D eigenvalue weighted by Gasteiger charge is -2.27. The van der Waals surface area contributed by atoms with Gasteiger partial charge < -0.3 is 10.6 Å². The lowest BCUT2D eigenvalue weighted by molar-refractivity contribution is 0.766. The summed E-state index contributed by atoms with van der Waals surface area (Å²) in [5.41, 5.74) is 7.39. The van der Waals surface area contributed by atoms with Gasteiger partial charge in [-0.05, 0) is 31.4 Å². The summed E-state index contributed by atoms with van der Waals surface area (Å²) in [6, 6.07) is 6.12. The summed E-state index contributed by atoms with van der Waals surface area (Å²) in [4.78, 5) is 2.54. The van der Waals surface area contributed by atoms with Crippen LogP contribution in [0, 0.1) is 0 Å². The van der Waals surface area contributed by atoms with Gasteiger partial charge in [0.1, 0.15) is 4.99 Å². The maximum Gasteiger partial charge on any atom is 0.104 e. The third kappa shape index (κ3) is 3.76. The minimum Gasteiger partial charge on any atom is -0.389 e. The van der Waals surface area contributed by atoms with Crippen LogP contribution in [0.15, 0.2) is 18.2 Å². The van der Waals surface area contributed by atoms with Crippen LogP contribution in [0.4, 0.5) is 5.69 Å². The van der Waals surface area contributed by atoms with Crippen molar-refractivity contribution in [3.05, 3.63) is 28.8 Å². The number of thioether (sulfide) groups is 1. The fourth-order valence-electron chi connectivity index (χ4n) is 1.54. The van der Waals surface area contributed by atoms with E-state index in [0.717, 1.165) is 17.0 Å². The molecule has 1 aromatic carbocycles. The number of nitrogens with two attached hydrogens (primary N) is 1. The Balaban J connectivity index is 2.95. The summed E-state index contributed by atoms with van der Waals surface area (Å²) in [6.07, 6.45) is 2.10. The van der Waals surface area contributed by atoms with Crippen molar-refractivity contribution in [2.75, 3.05) is 24.0 Å². The van der Waals surface area contributed by atoms with Crippen LogP contribution < -0.4 is 10.6 Å². The van der Waals surface area contributed by atoms with Crippen molar-refractivity contribution < 1.29 is 0 Å². The Morgan fingerprint density at radius 1 is 1.59 bits per heavy atom. The first-order chi connectivity index (χ1) is 7.97. The first-order valence-corrected chi connectivity index (χ1v) is 7.46. The van der Waals surface area contributed by atoms with Crippen LogP contribution in [0.1, 0.15) is 12.5 Å². The topological polar surface area (TPSA) is 29.3 Å². The second-order valence-corrected chi connectivity index (χ2v) is 5.70. The van der Waals surface area contributed by atoms with Crippen molar-refractivity contribution in [1.29, 1.82) is 0 Å². The van der Waals surface area contributed by atoms with Gasteiger partial charge in [-0.15, -0.1) is 0 Å². The molecule has 2 N–H and O–H groups in total. The molecular formula is C12H17ClN2S2. The van der Waals surface area contributed by atoms with Crippen LogP contribution >= 0.6 is 35.6 Å². The van der Waals surface area contributed by atoms with Crippen molar-refractivity contribution in [3.63, 3.8) is 0 Å². The molecule has 5 heteroatoms. The summed E-state index contributed by atoms with van der Waals surface area (Å²) < 4.78 is 0. The van der Waals surface area contributed by atoms with E-state index in [-0.39, 0.29) is 0 Å². The van der Waals surface area contributed by atoms with Crippen molar-refractivity contribution >= 4 is 46.3 Å². The van der Waals surface area contributed by atoms with E-state index in [2.05, 4.69) is 18.1 Å². The van der Waals surface area contributed by atoms with E-state index in [9.17, 15) is 0 Å². The SMILES string of the molecule is CSCC(C)N(C)c1ccc(C(N)=S)cc1Cl. The van der Waals surface area contributed by atoms with Gasteiger partial charge in [-0.25, -0.2) is 0 Å². The molecular weight excluding hydrogens is 272 g/mol. The van der Waals surface area contributed by atoms with Gasteiger partial charge in [-0.3, -0.25) is 0 Å². The first-order valence-electron chi connectivity index (χ1n) is 5.28. The van der Waals surface area contributed by atoms with Crippen LogP contribution in [0.5, 0.6) is 0 Å². The molecule has 0 aliphatic carbocycles. The van der Waals surface area contributed by atoms with Crippen molar-refractivity contribution in [1.82, 2.24) is 0 Å². The molecule has 0 amide bonds. The van der Waals surface area contributed by atoms with Crippen LogP contribution in [-0.2, 0) is 0 Å². The Labute approximate surface area is 118 Å². The molecule has 94 valence electrons. The second-order valence-electron chi connectivity index (χ2n) is 3.95. The van der Waals surface area contributed by atoms with E-state index >= 15 is 0 Å². The molecule has 0 spiro atoms. The van der Waals surface area contributed by atoms with Crippen LogP contribution in [0.25, 0.3) is 0 Å². The van der Waals surface area contributed by atoms with Crippen molar-refractivity contribution in [2.45, 2.75) is 13.0 Å². The smallest absolute Gasteiger partial charge is 0.104 e. The van der Waals surface area contributed by atoms with Crippen molar-refractivity contribution in [3.8, 4) is 0 Å². The average Bonchev–Trinajstić information content (AvgIpc) is 2.28. The Morgan fingerprint density at radius 3 is 2.71 bits per heavy atom. The fourth-order valence-corrected chi connectivity index (χ4v) is 2.68. The standard InChI is InChI=1S/C12H17ClN2S2/c1-8(7-17-3)15(2)11-5-4-9(12(14)16)6-10(11)13/h4-6,8H,7H2,1-3H3,(H2,14,16). The lowest BCUT2D eigenvalue weighted by Crippen LogP contribution is -2.31. The van der Waals surface area contributed by atoms with Gasteiger partial charge >= 0.3 is 0 Å². The maximum absolute atomic E-state index is 6.25. The fraction of sp³-hybridized carbons (Fsp3) is 0.417. The minimum absolute atomic E-state index is 0.373. The maximum atomic E-state index is 6.25. The number of hydrogen-bond acceptors (Lipinski definition) is 3. The lowest BCUT2D eigenvalue weighted by atomic mass is 10.2. The molecule has 1 rings (SSSR count). The van der Waals surface area contributed by atoms with Gasteiger partial charge in [0.2, 0.25) is 0 Å². The Kier molecular flexibility index (Phi) is 5.56. The highest BCUT2D eigenvalue weighted by molar-refractivity contribution is 7.98. The summed E-state index contributed by atoms with van der Waals surface area (Å²) in [5.74, 6) is 1.06. The molecule has 0 radical (unpaired) electrons. The summed E-state index contributed by atoms with van der Waals surface area (Å²) in [6.45, 7) is 2.17. The van der Waals surface area contributed by atoms with Crippen LogP contribution in [0.3, 0.4) is 0 Å². The molecule has 0 fully saturated rings. The van der Waals surface area contributed by atoms with E-state index < -0.39 is 0 Å². The third-order valence-corrected chi connectivity index (χ3v) is 4.04. The molecule has 0 aromatic heterocycles. The molecule has 2 nitrogen and oxygen atoms in total. The van der Waals surface area contributed by atoms with Gasteiger partial charge in [-0.2, -0.15) is 11.8 Å². The van der Waals surface area contributed by atoms with E-state index in [4.69, 9.17) is 29.6 Å². The molecule has 0 aliphatic heterocycles. The Bertz CT molecular complexity index is 409. The number of nitrogens with zero attached hydrogens (tertiary/aromatic N) is 1. The number of anilines is 1. The summed E-state index contributed by atoms with van der Waals surface area (Å²) in [7, 11) is 2.04. The third-order valence-electron chi connectivity index (χ3n) is 2.68. The van der Waals surface area contributed by atoms with Gasteiger partial charge in [0.15, 0.2) is 0 Å². The average molecular weight is 289 g/mol. The predicted molar refractivity (Wildman–Crippen MR) is 83.6 cm³/mol. The zero-order valence-electron chi connectivity index (χ0n) is 10.2. The van der Waals surface area contributed by atoms with E-state index in [1.165, 1.54) is 0 Å². The van der Waals surface area contributed by atoms with E-state index in [1.807, 2.05) is 37.0 Å². The molecule has 0 heterocycles.